The molecule has 0 radical (unpaired) electrons. The largest absolute Gasteiger partial charge is 0.353 e. The van der Waals surface area contributed by atoms with Gasteiger partial charge in [-0.3, -0.25) is 4.79 Å². The summed E-state index contributed by atoms with van der Waals surface area (Å²) in [4.78, 5) is 11.7. The fraction of sp³-hybridized carbons (Fsp3) is 0.533. The topological polar surface area (TPSA) is 41.1 Å². The molecular formula is C15H24N2O. The number of aryl methyl sites for hydroxylation is 1. The monoisotopic (exact) mass is 248 g/mol. The van der Waals surface area contributed by atoms with Crippen molar-refractivity contribution in [3.63, 3.8) is 0 Å². The normalized spacial score (nSPS) is 12.2. The maximum Gasteiger partial charge on any atom is 0.221 e. The first-order valence-corrected chi connectivity index (χ1v) is 6.68. The summed E-state index contributed by atoms with van der Waals surface area (Å²) < 4.78 is 0. The van der Waals surface area contributed by atoms with Crippen LogP contribution in [0, 0.1) is 6.92 Å². The maximum absolute atomic E-state index is 11.7. The summed E-state index contributed by atoms with van der Waals surface area (Å²) in [7, 11) is 0. The second-order valence-electron chi connectivity index (χ2n) is 4.70. The van der Waals surface area contributed by atoms with Crippen LogP contribution in [0.4, 0.5) is 0 Å². The van der Waals surface area contributed by atoms with Crippen molar-refractivity contribution >= 4 is 5.91 Å². The molecule has 0 aliphatic carbocycles. The van der Waals surface area contributed by atoms with E-state index in [9.17, 15) is 4.79 Å². The number of hydrogen-bond acceptors (Lipinski definition) is 2. The highest BCUT2D eigenvalue weighted by molar-refractivity contribution is 5.76. The van der Waals surface area contributed by atoms with Crippen LogP contribution < -0.4 is 10.6 Å². The van der Waals surface area contributed by atoms with Crippen LogP contribution in [-0.2, 0) is 11.2 Å². The van der Waals surface area contributed by atoms with Gasteiger partial charge in [0.15, 0.2) is 0 Å². The summed E-state index contributed by atoms with van der Waals surface area (Å²) in [5.74, 6) is 0.122. The van der Waals surface area contributed by atoms with Gasteiger partial charge >= 0.3 is 0 Å². The van der Waals surface area contributed by atoms with E-state index < -0.39 is 0 Å². The average Bonchev–Trinajstić information content (AvgIpc) is 2.32. The molecular weight excluding hydrogens is 224 g/mol. The van der Waals surface area contributed by atoms with Crippen molar-refractivity contribution in [1.82, 2.24) is 10.6 Å². The van der Waals surface area contributed by atoms with Crippen molar-refractivity contribution < 1.29 is 4.79 Å². The van der Waals surface area contributed by atoms with Gasteiger partial charge in [0.05, 0.1) is 0 Å². The summed E-state index contributed by atoms with van der Waals surface area (Å²) >= 11 is 0. The van der Waals surface area contributed by atoms with E-state index in [-0.39, 0.29) is 11.9 Å². The van der Waals surface area contributed by atoms with Crippen LogP contribution in [0.25, 0.3) is 0 Å². The van der Waals surface area contributed by atoms with Gasteiger partial charge < -0.3 is 10.6 Å². The second-order valence-corrected chi connectivity index (χ2v) is 4.70. The number of hydrogen-bond donors (Lipinski definition) is 2. The molecule has 0 fully saturated rings. The molecule has 0 aliphatic heterocycles. The number of carbonyl (C=O) groups is 1. The van der Waals surface area contributed by atoms with Gasteiger partial charge in [-0.2, -0.15) is 0 Å². The minimum Gasteiger partial charge on any atom is -0.353 e. The Morgan fingerprint density at radius 1 is 1.33 bits per heavy atom. The molecule has 3 heteroatoms. The van der Waals surface area contributed by atoms with Gasteiger partial charge in [0.25, 0.3) is 0 Å². The molecule has 1 amide bonds. The van der Waals surface area contributed by atoms with Gasteiger partial charge in [0.2, 0.25) is 5.91 Å². The lowest BCUT2D eigenvalue weighted by Gasteiger charge is -2.15. The average molecular weight is 248 g/mol. The molecule has 0 aromatic heterocycles. The van der Waals surface area contributed by atoms with E-state index in [2.05, 4.69) is 36.6 Å². The quantitative estimate of drug-likeness (QED) is 0.725. The van der Waals surface area contributed by atoms with Crippen LogP contribution in [0.3, 0.4) is 0 Å². The third kappa shape index (κ3) is 5.32. The van der Waals surface area contributed by atoms with Gasteiger partial charge in [0, 0.05) is 19.0 Å². The number of carbonyl (C=O) groups excluding carboxylic acids is 1. The van der Waals surface area contributed by atoms with Crippen LogP contribution >= 0.6 is 0 Å². The minimum atomic E-state index is 0.122. The Morgan fingerprint density at radius 2 is 2.06 bits per heavy atom. The molecule has 1 aromatic rings. The predicted octanol–water partition coefficient (Wildman–Crippen LogP) is 2.04. The van der Waals surface area contributed by atoms with Crippen molar-refractivity contribution in [2.45, 2.75) is 39.7 Å². The highest BCUT2D eigenvalue weighted by atomic mass is 16.1. The first-order chi connectivity index (χ1) is 8.63. The Labute approximate surface area is 110 Å². The molecule has 18 heavy (non-hydrogen) atoms. The van der Waals surface area contributed by atoms with E-state index in [1.54, 1.807) is 0 Å². The molecule has 1 atom stereocenters. The van der Waals surface area contributed by atoms with Crippen LogP contribution in [0.15, 0.2) is 24.3 Å². The Morgan fingerprint density at radius 3 is 2.72 bits per heavy atom. The lowest BCUT2D eigenvalue weighted by molar-refractivity contribution is -0.121. The first-order valence-electron chi connectivity index (χ1n) is 6.68. The third-order valence-corrected chi connectivity index (χ3v) is 2.97. The van der Waals surface area contributed by atoms with Gasteiger partial charge in [0.1, 0.15) is 0 Å². The number of nitrogens with one attached hydrogen (secondary N) is 2. The number of rotatable bonds is 7. The Bertz CT molecular complexity index is 377. The van der Waals surface area contributed by atoms with E-state index in [0.29, 0.717) is 6.42 Å². The SMILES string of the molecule is CCNCCC(=O)NC(C)Cc1ccccc1C. The molecule has 1 unspecified atom stereocenters. The van der Waals surface area contributed by atoms with E-state index in [4.69, 9.17) is 0 Å². The second kappa shape index (κ2) is 7.88. The highest BCUT2D eigenvalue weighted by Gasteiger charge is 2.08. The lowest BCUT2D eigenvalue weighted by atomic mass is 10.0. The molecule has 0 saturated carbocycles. The third-order valence-electron chi connectivity index (χ3n) is 2.97. The summed E-state index contributed by atoms with van der Waals surface area (Å²) in [6.45, 7) is 7.86. The highest BCUT2D eigenvalue weighted by Crippen LogP contribution is 2.09. The molecule has 0 bridgehead atoms. The van der Waals surface area contributed by atoms with Gasteiger partial charge in [-0.1, -0.05) is 31.2 Å². The van der Waals surface area contributed by atoms with Crippen molar-refractivity contribution in [1.29, 1.82) is 0 Å². The fourth-order valence-electron chi connectivity index (χ4n) is 1.95. The van der Waals surface area contributed by atoms with Crippen molar-refractivity contribution in [2.24, 2.45) is 0 Å². The van der Waals surface area contributed by atoms with E-state index in [1.165, 1.54) is 11.1 Å². The van der Waals surface area contributed by atoms with Crippen molar-refractivity contribution in [3.05, 3.63) is 35.4 Å². The molecule has 2 N–H and O–H groups in total. The van der Waals surface area contributed by atoms with Crippen LogP contribution in [0.2, 0.25) is 0 Å². The Balaban J connectivity index is 2.35. The summed E-state index contributed by atoms with van der Waals surface area (Å²) in [5.41, 5.74) is 2.59. The van der Waals surface area contributed by atoms with Crippen LogP contribution in [0.5, 0.6) is 0 Å². The standard InChI is InChI=1S/C15H24N2O/c1-4-16-10-9-15(18)17-13(3)11-14-8-6-5-7-12(14)2/h5-8,13,16H,4,9-11H2,1-3H3,(H,17,18). The molecule has 0 aliphatic rings. The predicted molar refractivity (Wildman–Crippen MR) is 75.6 cm³/mol. The van der Waals surface area contributed by atoms with Gasteiger partial charge in [-0.25, -0.2) is 0 Å². The molecule has 100 valence electrons. The molecule has 0 heterocycles. The zero-order valence-corrected chi connectivity index (χ0v) is 11.6. The molecule has 0 saturated heterocycles. The van der Waals surface area contributed by atoms with E-state index in [0.717, 1.165) is 19.5 Å². The van der Waals surface area contributed by atoms with Crippen molar-refractivity contribution in [3.8, 4) is 0 Å². The van der Waals surface area contributed by atoms with E-state index >= 15 is 0 Å². The lowest BCUT2D eigenvalue weighted by Crippen LogP contribution is -2.35. The zero-order chi connectivity index (χ0) is 13.4. The summed E-state index contributed by atoms with van der Waals surface area (Å²) in [6, 6.07) is 8.49. The summed E-state index contributed by atoms with van der Waals surface area (Å²) in [5, 5.41) is 6.19. The number of benzene rings is 1. The fourth-order valence-corrected chi connectivity index (χ4v) is 1.95. The van der Waals surface area contributed by atoms with Gasteiger partial charge in [-0.15, -0.1) is 0 Å². The van der Waals surface area contributed by atoms with Gasteiger partial charge in [-0.05, 0) is 37.9 Å². The smallest absolute Gasteiger partial charge is 0.221 e. The van der Waals surface area contributed by atoms with Crippen LogP contribution in [0.1, 0.15) is 31.4 Å². The maximum atomic E-state index is 11.7. The Hall–Kier alpha value is -1.35. The molecule has 1 rings (SSSR count). The summed E-state index contributed by atoms with van der Waals surface area (Å²) in [6.07, 6.45) is 1.44. The minimum absolute atomic E-state index is 0.122. The van der Waals surface area contributed by atoms with Crippen LogP contribution in [-0.4, -0.2) is 25.0 Å². The first kappa shape index (κ1) is 14.7. The van der Waals surface area contributed by atoms with E-state index in [1.807, 2.05) is 19.1 Å². The molecule has 0 spiro atoms. The number of amides is 1. The molecule has 1 aromatic carbocycles. The van der Waals surface area contributed by atoms with Crippen molar-refractivity contribution in [2.75, 3.05) is 13.1 Å². The Kier molecular flexibility index (Phi) is 6.44. The molecule has 3 nitrogen and oxygen atoms in total. The zero-order valence-electron chi connectivity index (χ0n) is 11.6.